The van der Waals surface area contributed by atoms with E-state index in [1.165, 1.54) is 0 Å². The van der Waals surface area contributed by atoms with Crippen LogP contribution in [-0.2, 0) is 22.4 Å². The molecule has 1 aromatic rings. The lowest BCUT2D eigenvalue weighted by molar-refractivity contribution is 0.347. The summed E-state index contributed by atoms with van der Waals surface area (Å²) < 4.78 is 29.1. The van der Waals surface area contributed by atoms with E-state index in [9.17, 15) is 8.42 Å². The highest BCUT2D eigenvalue weighted by Gasteiger charge is 2.27. The number of halogens is 1. The zero-order valence-electron chi connectivity index (χ0n) is 12.8. The fourth-order valence-corrected chi connectivity index (χ4v) is 4.40. The van der Waals surface area contributed by atoms with Gasteiger partial charge in [-0.25, -0.2) is 8.42 Å². The van der Waals surface area contributed by atoms with Crippen molar-refractivity contribution in [2.24, 2.45) is 0 Å². The van der Waals surface area contributed by atoms with Gasteiger partial charge in [-0.15, -0.1) is 11.6 Å². The van der Waals surface area contributed by atoms with E-state index in [1.807, 2.05) is 11.6 Å². The van der Waals surface area contributed by atoms with Gasteiger partial charge in [0.05, 0.1) is 5.88 Å². The second kappa shape index (κ2) is 7.13. The largest absolute Gasteiger partial charge is 0.349 e. The molecule has 5 nitrogen and oxygen atoms in total. The zero-order chi connectivity index (χ0) is 15.5. The number of hydrogen-bond donors (Lipinski definition) is 0. The first-order valence-electron chi connectivity index (χ1n) is 7.42. The predicted molar refractivity (Wildman–Crippen MR) is 85.2 cm³/mol. The molecule has 0 unspecified atom stereocenters. The van der Waals surface area contributed by atoms with Crippen molar-refractivity contribution in [3.8, 4) is 0 Å². The van der Waals surface area contributed by atoms with Crippen molar-refractivity contribution >= 4 is 21.6 Å². The molecule has 21 heavy (non-hydrogen) atoms. The molecule has 0 amide bonds. The van der Waals surface area contributed by atoms with Gasteiger partial charge in [-0.2, -0.15) is 4.31 Å². The molecule has 0 atom stereocenters. The molecule has 1 saturated heterocycles. The van der Waals surface area contributed by atoms with Crippen molar-refractivity contribution in [1.29, 1.82) is 0 Å². The summed E-state index contributed by atoms with van der Waals surface area (Å²) in [6, 6.07) is 1.71. The Morgan fingerprint density at radius 3 is 2.67 bits per heavy atom. The molecule has 120 valence electrons. The number of aryl methyl sites for hydroxylation is 1. The molecule has 0 N–H and O–H groups in total. The summed E-state index contributed by atoms with van der Waals surface area (Å²) in [4.78, 5) is 2.54. The van der Waals surface area contributed by atoms with E-state index in [0.29, 0.717) is 23.9 Å². The third kappa shape index (κ3) is 3.80. The van der Waals surface area contributed by atoms with E-state index in [1.54, 1.807) is 16.6 Å². The third-order valence-corrected chi connectivity index (χ3v) is 6.02. The lowest BCUT2D eigenvalue weighted by Crippen LogP contribution is -2.34. The molecule has 2 rings (SSSR count). The van der Waals surface area contributed by atoms with Gasteiger partial charge in [0.2, 0.25) is 10.0 Å². The molecule has 1 fully saturated rings. The fraction of sp³-hybridized carbons (Fsp3) is 0.714. The molecule has 0 aliphatic carbocycles. The number of likely N-dealkylation sites (N-methyl/N-ethyl adjacent to an activating group) is 1. The van der Waals surface area contributed by atoms with E-state index < -0.39 is 10.0 Å². The second-order valence-corrected chi connectivity index (χ2v) is 7.76. The lowest BCUT2D eigenvalue weighted by Gasteiger charge is -2.19. The van der Waals surface area contributed by atoms with Gasteiger partial charge < -0.3 is 9.47 Å². The molecule has 1 aliphatic heterocycles. The summed E-state index contributed by atoms with van der Waals surface area (Å²) in [6.45, 7) is 5.71. The van der Waals surface area contributed by atoms with Crippen LogP contribution in [0.3, 0.4) is 0 Å². The summed E-state index contributed by atoms with van der Waals surface area (Å²) in [6.07, 6.45) is 3.55. The van der Waals surface area contributed by atoms with E-state index in [0.717, 1.165) is 38.2 Å². The maximum atomic E-state index is 12.8. The van der Waals surface area contributed by atoms with Crippen LogP contribution in [0.25, 0.3) is 0 Å². The van der Waals surface area contributed by atoms with Gasteiger partial charge in [-0.1, -0.05) is 6.92 Å². The first kappa shape index (κ1) is 16.8. The molecule has 0 saturated carbocycles. The van der Waals surface area contributed by atoms with Gasteiger partial charge in [0.25, 0.3) is 0 Å². The second-order valence-electron chi connectivity index (χ2n) is 5.56. The Morgan fingerprint density at radius 1 is 1.24 bits per heavy atom. The van der Waals surface area contributed by atoms with E-state index in [-0.39, 0.29) is 0 Å². The van der Waals surface area contributed by atoms with E-state index >= 15 is 0 Å². The SMILES string of the molecule is CCCn1cc(S(=O)(=O)N2CCCN(C)CC2)cc1CCl. The van der Waals surface area contributed by atoms with Gasteiger partial charge in [-0.05, 0) is 32.5 Å². The van der Waals surface area contributed by atoms with Crippen molar-refractivity contribution < 1.29 is 8.42 Å². The first-order valence-corrected chi connectivity index (χ1v) is 9.40. The standard InChI is InChI=1S/C14H24ClN3O2S/c1-3-5-17-12-14(10-13(17)11-15)21(19,20)18-7-4-6-16(2)8-9-18/h10,12H,3-9,11H2,1-2H3. The van der Waals surface area contributed by atoms with Crippen LogP contribution in [0.4, 0.5) is 0 Å². The van der Waals surface area contributed by atoms with Crippen LogP contribution in [0.2, 0.25) is 0 Å². The van der Waals surface area contributed by atoms with Crippen LogP contribution in [0.15, 0.2) is 17.2 Å². The van der Waals surface area contributed by atoms with Crippen LogP contribution in [-0.4, -0.2) is 55.4 Å². The maximum absolute atomic E-state index is 12.8. The Hall–Kier alpha value is -0.560. The molecular formula is C14H24ClN3O2S. The number of hydrogen-bond acceptors (Lipinski definition) is 3. The summed E-state index contributed by atoms with van der Waals surface area (Å²) in [7, 11) is -1.38. The lowest BCUT2D eigenvalue weighted by atomic mass is 10.4. The van der Waals surface area contributed by atoms with E-state index in [4.69, 9.17) is 11.6 Å². The molecule has 0 bridgehead atoms. The van der Waals surface area contributed by atoms with Gasteiger partial charge in [0.1, 0.15) is 4.90 Å². The minimum Gasteiger partial charge on any atom is -0.349 e. The highest BCUT2D eigenvalue weighted by molar-refractivity contribution is 7.89. The van der Waals surface area contributed by atoms with Crippen LogP contribution in [0.1, 0.15) is 25.5 Å². The van der Waals surface area contributed by atoms with Crippen LogP contribution in [0.5, 0.6) is 0 Å². The summed E-state index contributed by atoms with van der Waals surface area (Å²) in [5, 5.41) is 0. The Morgan fingerprint density at radius 2 is 2.00 bits per heavy atom. The van der Waals surface area contributed by atoms with E-state index in [2.05, 4.69) is 11.8 Å². The highest BCUT2D eigenvalue weighted by Crippen LogP contribution is 2.21. The molecular weight excluding hydrogens is 310 g/mol. The van der Waals surface area contributed by atoms with Gasteiger partial charge >= 0.3 is 0 Å². The smallest absolute Gasteiger partial charge is 0.244 e. The topological polar surface area (TPSA) is 45.6 Å². The minimum absolute atomic E-state index is 0.332. The molecule has 1 aromatic heterocycles. The Bertz CT molecular complexity index is 571. The molecule has 0 aromatic carbocycles. The number of nitrogens with zero attached hydrogens (tertiary/aromatic N) is 3. The Kier molecular flexibility index (Phi) is 5.71. The van der Waals surface area contributed by atoms with Crippen LogP contribution in [0, 0.1) is 0 Å². The quantitative estimate of drug-likeness (QED) is 0.774. The van der Waals surface area contributed by atoms with Crippen LogP contribution >= 0.6 is 11.6 Å². The zero-order valence-corrected chi connectivity index (χ0v) is 14.3. The number of sulfonamides is 1. The molecule has 1 aliphatic rings. The molecule has 7 heteroatoms. The fourth-order valence-electron chi connectivity index (χ4n) is 2.64. The highest BCUT2D eigenvalue weighted by atomic mass is 35.5. The van der Waals surface area contributed by atoms with Crippen molar-refractivity contribution in [3.05, 3.63) is 18.0 Å². The summed E-state index contributed by atoms with van der Waals surface area (Å²) in [5.41, 5.74) is 0.865. The van der Waals surface area contributed by atoms with Gasteiger partial charge in [0, 0.05) is 38.1 Å². The Balaban J connectivity index is 2.26. The van der Waals surface area contributed by atoms with Gasteiger partial charge in [-0.3, -0.25) is 0 Å². The van der Waals surface area contributed by atoms with Crippen LogP contribution < -0.4 is 0 Å². The third-order valence-electron chi connectivity index (χ3n) is 3.88. The molecule has 0 radical (unpaired) electrons. The number of rotatable bonds is 5. The monoisotopic (exact) mass is 333 g/mol. The van der Waals surface area contributed by atoms with Gasteiger partial charge in [0.15, 0.2) is 0 Å². The number of aromatic nitrogens is 1. The van der Waals surface area contributed by atoms with Crippen molar-refractivity contribution in [3.63, 3.8) is 0 Å². The average Bonchev–Trinajstić information content (AvgIpc) is 2.73. The first-order chi connectivity index (χ1) is 9.98. The van der Waals surface area contributed by atoms with Crippen molar-refractivity contribution in [1.82, 2.24) is 13.8 Å². The minimum atomic E-state index is -3.41. The molecule has 0 spiro atoms. The Labute approximate surface area is 132 Å². The van der Waals surface area contributed by atoms with Crippen molar-refractivity contribution in [2.75, 3.05) is 33.2 Å². The normalized spacial score (nSPS) is 18.8. The molecule has 2 heterocycles. The summed E-state index contributed by atoms with van der Waals surface area (Å²) in [5.74, 6) is 0.332. The predicted octanol–water partition coefficient (Wildman–Crippen LogP) is 1.96. The number of alkyl halides is 1. The summed E-state index contributed by atoms with van der Waals surface area (Å²) >= 11 is 5.93. The average molecular weight is 334 g/mol. The van der Waals surface area contributed by atoms with Crippen molar-refractivity contribution in [2.45, 2.75) is 37.1 Å². The maximum Gasteiger partial charge on any atom is 0.244 e.